The molecule has 1 aliphatic rings. The van der Waals surface area contributed by atoms with Gasteiger partial charge in [-0.25, -0.2) is 0 Å². The topological polar surface area (TPSA) is 48.2 Å². The molecule has 0 saturated heterocycles. The summed E-state index contributed by atoms with van der Waals surface area (Å²) in [5, 5.41) is 7.63. The lowest BCUT2D eigenvalue weighted by Crippen LogP contribution is -1.95. The lowest BCUT2D eigenvalue weighted by molar-refractivity contribution is 0.303. The molecule has 4 nitrogen and oxygen atoms in total. The molecule has 1 heterocycles. The van der Waals surface area contributed by atoms with Gasteiger partial charge in [-0.05, 0) is 37.1 Å². The van der Waals surface area contributed by atoms with Crippen LogP contribution in [0.2, 0.25) is 0 Å². The maximum atomic E-state index is 5.65. The molecule has 0 spiro atoms. The van der Waals surface area contributed by atoms with E-state index in [9.17, 15) is 0 Å². The molecule has 5 heteroatoms. The van der Waals surface area contributed by atoms with Crippen molar-refractivity contribution in [3.63, 3.8) is 0 Å². The van der Waals surface area contributed by atoms with Crippen molar-refractivity contribution in [3.8, 4) is 17.2 Å². The third kappa shape index (κ3) is 2.09. The summed E-state index contributed by atoms with van der Waals surface area (Å²) in [5.41, 5.74) is 0.890. The average Bonchev–Trinajstić information content (AvgIpc) is 3.00. The number of ether oxygens (including phenoxy) is 1. The predicted octanol–water partition coefficient (Wildman–Crippen LogP) is 3.04. The highest BCUT2D eigenvalue weighted by Crippen LogP contribution is 2.28. The van der Waals surface area contributed by atoms with Crippen molar-refractivity contribution in [3.05, 3.63) is 29.1 Å². The molecule has 2 aromatic rings. The number of hydrogen-bond acceptors (Lipinski definition) is 4. The Morgan fingerprint density at radius 3 is 2.50 bits per heavy atom. The van der Waals surface area contributed by atoms with Gasteiger partial charge in [0.1, 0.15) is 5.75 Å². The van der Waals surface area contributed by atoms with Gasteiger partial charge < -0.3 is 9.15 Å². The fourth-order valence-electron chi connectivity index (χ4n) is 1.38. The first kappa shape index (κ1) is 9.84. The molecule has 0 N–H and O–H groups in total. The summed E-state index contributed by atoms with van der Waals surface area (Å²) in [7, 11) is 0. The van der Waals surface area contributed by atoms with Crippen LogP contribution in [0, 0.1) is 0 Å². The van der Waals surface area contributed by atoms with Crippen molar-refractivity contribution in [2.24, 2.45) is 0 Å². The van der Waals surface area contributed by atoms with Crippen LogP contribution in [0.5, 0.6) is 5.75 Å². The summed E-state index contributed by atoms with van der Waals surface area (Å²) in [6, 6.07) is 7.67. The zero-order chi connectivity index (χ0) is 11.0. The van der Waals surface area contributed by atoms with E-state index in [2.05, 4.69) is 26.1 Å². The minimum Gasteiger partial charge on any atom is -0.490 e. The fraction of sp³-hybridized carbons (Fsp3) is 0.273. The van der Waals surface area contributed by atoms with E-state index in [-0.39, 0.29) is 0 Å². The zero-order valence-corrected chi connectivity index (χ0v) is 9.98. The molecule has 3 rings (SSSR count). The van der Waals surface area contributed by atoms with Gasteiger partial charge in [-0.15, -0.1) is 10.2 Å². The van der Waals surface area contributed by atoms with Crippen LogP contribution in [0.25, 0.3) is 11.5 Å². The Balaban J connectivity index is 1.80. The van der Waals surface area contributed by atoms with Crippen molar-refractivity contribution in [2.45, 2.75) is 18.9 Å². The second kappa shape index (κ2) is 3.90. The molecular weight excluding hydrogens is 272 g/mol. The molecule has 0 atom stereocenters. The van der Waals surface area contributed by atoms with Crippen LogP contribution in [-0.4, -0.2) is 16.3 Å². The highest BCUT2D eigenvalue weighted by atomic mass is 79.9. The minimum atomic E-state index is 0.390. The minimum absolute atomic E-state index is 0.390. The lowest BCUT2D eigenvalue weighted by atomic mass is 10.2. The number of nitrogens with zero attached hydrogens (tertiary/aromatic N) is 2. The van der Waals surface area contributed by atoms with Gasteiger partial charge in [0.15, 0.2) is 0 Å². The molecule has 0 bridgehead atoms. The third-order valence-electron chi connectivity index (χ3n) is 2.33. The molecule has 1 fully saturated rings. The molecule has 0 unspecified atom stereocenters. The van der Waals surface area contributed by atoms with Crippen molar-refractivity contribution in [1.82, 2.24) is 10.2 Å². The number of aromatic nitrogens is 2. The van der Waals surface area contributed by atoms with Gasteiger partial charge in [0.25, 0.3) is 4.80 Å². The summed E-state index contributed by atoms with van der Waals surface area (Å²) < 4.78 is 10.9. The van der Waals surface area contributed by atoms with Gasteiger partial charge in [-0.2, -0.15) is 0 Å². The van der Waals surface area contributed by atoms with Gasteiger partial charge in [0.05, 0.1) is 6.10 Å². The molecule has 0 aliphatic heterocycles. The van der Waals surface area contributed by atoms with E-state index >= 15 is 0 Å². The molecule has 82 valence electrons. The van der Waals surface area contributed by atoms with E-state index in [0.717, 1.165) is 11.3 Å². The quantitative estimate of drug-likeness (QED) is 0.867. The Kier molecular flexibility index (Phi) is 2.40. The average molecular weight is 281 g/mol. The maximum Gasteiger partial charge on any atom is 0.285 e. The van der Waals surface area contributed by atoms with Gasteiger partial charge in [0.2, 0.25) is 5.89 Å². The summed E-state index contributed by atoms with van der Waals surface area (Å²) in [4.78, 5) is 0.390. The van der Waals surface area contributed by atoms with E-state index in [0.29, 0.717) is 16.8 Å². The molecule has 1 aliphatic carbocycles. The van der Waals surface area contributed by atoms with Crippen LogP contribution in [-0.2, 0) is 0 Å². The van der Waals surface area contributed by atoms with Crippen LogP contribution in [0.4, 0.5) is 0 Å². The van der Waals surface area contributed by atoms with Crippen LogP contribution in [0.1, 0.15) is 12.8 Å². The third-order valence-corrected chi connectivity index (χ3v) is 2.65. The van der Waals surface area contributed by atoms with Gasteiger partial charge in [0, 0.05) is 21.5 Å². The first-order valence-electron chi connectivity index (χ1n) is 5.07. The summed E-state index contributed by atoms with van der Waals surface area (Å²) in [6.07, 6.45) is 2.75. The first-order chi connectivity index (χ1) is 7.81. The Morgan fingerprint density at radius 2 is 1.94 bits per heavy atom. The van der Waals surface area contributed by atoms with Crippen molar-refractivity contribution in [1.29, 1.82) is 0 Å². The van der Waals surface area contributed by atoms with Crippen molar-refractivity contribution in [2.75, 3.05) is 0 Å². The number of hydrogen-bond donors (Lipinski definition) is 0. The van der Waals surface area contributed by atoms with Crippen molar-refractivity contribution < 1.29 is 9.15 Å². The van der Waals surface area contributed by atoms with E-state index < -0.39 is 0 Å². The Bertz CT molecular complexity index is 491. The summed E-state index contributed by atoms with van der Waals surface area (Å²) in [5.74, 6) is 1.40. The molecule has 1 aromatic carbocycles. The molecule has 1 saturated carbocycles. The summed E-state index contributed by atoms with van der Waals surface area (Å²) >= 11 is 3.12. The number of halogens is 1. The molecule has 1 aromatic heterocycles. The molecular formula is C11H9BrN2O2. The standard InChI is InChI=1S/C11H9BrN2O2/c12-11-14-13-10(16-11)7-1-3-8(4-2-7)15-9-5-6-9/h1-4,9H,5-6H2. The van der Waals surface area contributed by atoms with Crippen LogP contribution >= 0.6 is 15.9 Å². The lowest BCUT2D eigenvalue weighted by Gasteiger charge is -2.03. The smallest absolute Gasteiger partial charge is 0.285 e. The first-order valence-corrected chi connectivity index (χ1v) is 5.87. The maximum absolute atomic E-state index is 5.65. The highest BCUT2D eigenvalue weighted by Gasteiger charge is 2.23. The second-order valence-corrected chi connectivity index (χ2v) is 4.38. The van der Waals surface area contributed by atoms with E-state index in [1.54, 1.807) is 0 Å². The normalized spacial score (nSPS) is 15.1. The van der Waals surface area contributed by atoms with E-state index in [1.165, 1.54) is 12.8 Å². The molecule has 0 radical (unpaired) electrons. The van der Waals surface area contributed by atoms with Crippen LogP contribution in [0.15, 0.2) is 33.5 Å². The largest absolute Gasteiger partial charge is 0.490 e. The predicted molar refractivity (Wildman–Crippen MR) is 61.1 cm³/mol. The SMILES string of the molecule is Brc1nnc(-c2ccc(OC3CC3)cc2)o1. The van der Waals surface area contributed by atoms with E-state index in [4.69, 9.17) is 9.15 Å². The Labute approximate surface area is 101 Å². The van der Waals surface area contributed by atoms with Gasteiger partial charge >= 0.3 is 0 Å². The van der Waals surface area contributed by atoms with Crippen LogP contribution < -0.4 is 4.74 Å². The Morgan fingerprint density at radius 1 is 1.19 bits per heavy atom. The fourth-order valence-corrected chi connectivity index (χ4v) is 1.61. The zero-order valence-electron chi connectivity index (χ0n) is 8.39. The summed E-state index contributed by atoms with van der Waals surface area (Å²) in [6.45, 7) is 0. The Hall–Kier alpha value is -1.36. The molecule has 16 heavy (non-hydrogen) atoms. The van der Waals surface area contributed by atoms with Gasteiger partial charge in [-0.1, -0.05) is 0 Å². The highest BCUT2D eigenvalue weighted by molar-refractivity contribution is 9.10. The second-order valence-electron chi connectivity index (χ2n) is 3.70. The molecule has 0 amide bonds. The van der Waals surface area contributed by atoms with E-state index in [1.807, 2.05) is 24.3 Å². The number of benzene rings is 1. The number of rotatable bonds is 3. The van der Waals surface area contributed by atoms with Crippen LogP contribution in [0.3, 0.4) is 0 Å². The van der Waals surface area contributed by atoms with Gasteiger partial charge in [-0.3, -0.25) is 0 Å². The monoisotopic (exact) mass is 280 g/mol. The van der Waals surface area contributed by atoms with Crippen molar-refractivity contribution >= 4 is 15.9 Å².